The second kappa shape index (κ2) is 4.45. The Hall–Kier alpha value is -0.570. The molecule has 12 heavy (non-hydrogen) atoms. The summed E-state index contributed by atoms with van der Waals surface area (Å²) in [5.41, 5.74) is 0. The molecular formula is C9H17NO2. The molecule has 1 saturated heterocycles. The number of nitrogens with zero attached hydrogens (tertiary/aromatic N) is 1. The molecule has 1 aliphatic rings. The van der Waals surface area contributed by atoms with E-state index in [9.17, 15) is 4.79 Å². The van der Waals surface area contributed by atoms with Crippen LogP contribution in [0.25, 0.3) is 0 Å². The summed E-state index contributed by atoms with van der Waals surface area (Å²) >= 11 is 0. The van der Waals surface area contributed by atoms with Crippen molar-refractivity contribution in [1.29, 1.82) is 0 Å². The Morgan fingerprint density at radius 3 is 2.58 bits per heavy atom. The van der Waals surface area contributed by atoms with E-state index in [0.29, 0.717) is 12.5 Å². The van der Waals surface area contributed by atoms with Gasteiger partial charge < -0.3 is 9.64 Å². The number of hydrogen-bond donors (Lipinski definition) is 0. The van der Waals surface area contributed by atoms with E-state index in [1.165, 1.54) is 20.0 Å². The minimum absolute atomic E-state index is 0.102. The lowest BCUT2D eigenvalue weighted by Gasteiger charge is -2.22. The molecule has 1 rings (SSSR count). The Morgan fingerprint density at radius 1 is 1.50 bits per heavy atom. The van der Waals surface area contributed by atoms with Gasteiger partial charge in [0.1, 0.15) is 0 Å². The van der Waals surface area contributed by atoms with Crippen LogP contribution in [0.15, 0.2) is 0 Å². The number of hydrogen-bond acceptors (Lipinski definition) is 3. The Kier molecular flexibility index (Phi) is 3.53. The van der Waals surface area contributed by atoms with E-state index >= 15 is 0 Å². The average molecular weight is 171 g/mol. The summed E-state index contributed by atoms with van der Waals surface area (Å²) in [5.74, 6) is -0.102. The van der Waals surface area contributed by atoms with Gasteiger partial charge in [-0.05, 0) is 32.9 Å². The highest BCUT2D eigenvalue weighted by molar-refractivity contribution is 5.69. The number of carbonyl (C=O) groups is 1. The van der Waals surface area contributed by atoms with Crippen LogP contribution in [0.4, 0.5) is 0 Å². The molecule has 0 aromatic carbocycles. The number of likely N-dealkylation sites (tertiary alicyclic amines) is 1. The molecule has 0 saturated carbocycles. The molecule has 1 fully saturated rings. The standard InChI is InChI=1S/C9H17NO2/c1-8(7-9(11)12-2)10-5-3-4-6-10/h8H,3-7H2,1-2H3/t8-/m1/s1. The van der Waals surface area contributed by atoms with Crippen molar-refractivity contribution >= 4 is 5.97 Å². The van der Waals surface area contributed by atoms with Gasteiger partial charge in [0.25, 0.3) is 0 Å². The van der Waals surface area contributed by atoms with Crippen molar-refractivity contribution < 1.29 is 9.53 Å². The first kappa shape index (κ1) is 9.52. The maximum Gasteiger partial charge on any atom is 0.307 e. The molecule has 0 aromatic heterocycles. The van der Waals surface area contributed by atoms with E-state index in [-0.39, 0.29) is 5.97 Å². The Balaban J connectivity index is 2.26. The molecule has 0 radical (unpaired) electrons. The van der Waals surface area contributed by atoms with E-state index in [0.717, 1.165) is 13.1 Å². The van der Waals surface area contributed by atoms with Crippen LogP contribution in [0.1, 0.15) is 26.2 Å². The normalized spacial score (nSPS) is 20.8. The van der Waals surface area contributed by atoms with Gasteiger partial charge in [0.2, 0.25) is 0 Å². The first-order valence-electron chi connectivity index (χ1n) is 4.55. The predicted octanol–water partition coefficient (Wildman–Crippen LogP) is 1.03. The molecule has 70 valence electrons. The summed E-state index contributed by atoms with van der Waals surface area (Å²) < 4.78 is 4.61. The van der Waals surface area contributed by atoms with Gasteiger partial charge in [0.15, 0.2) is 0 Å². The lowest BCUT2D eigenvalue weighted by molar-refractivity contribution is -0.141. The minimum Gasteiger partial charge on any atom is -0.469 e. The minimum atomic E-state index is -0.102. The van der Waals surface area contributed by atoms with Crippen LogP contribution >= 0.6 is 0 Å². The molecule has 0 amide bonds. The van der Waals surface area contributed by atoms with Crippen LogP contribution in [0.2, 0.25) is 0 Å². The summed E-state index contributed by atoms with van der Waals surface area (Å²) in [5, 5.41) is 0. The quantitative estimate of drug-likeness (QED) is 0.594. The van der Waals surface area contributed by atoms with Gasteiger partial charge in [-0.15, -0.1) is 0 Å². The fourth-order valence-electron chi connectivity index (χ4n) is 1.64. The van der Waals surface area contributed by atoms with Crippen LogP contribution in [-0.2, 0) is 9.53 Å². The van der Waals surface area contributed by atoms with Crippen molar-refractivity contribution in [3.63, 3.8) is 0 Å². The van der Waals surface area contributed by atoms with Gasteiger partial charge in [-0.2, -0.15) is 0 Å². The molecule has 0 aliphatic carbocycles. The van der Waals surface area contributed by atoms with Crippen molar-refractivity contribution in [2.75, 3.05) is 20.2 Å². The van der Waals surface area contributed by atoms with Crippen LogP contribution in [0, 0.1) is 0 Å². The highest BCUT2D eigenvalue weighted by Gasteiger charge is 2.20. The van der Waals surface area contributed by atoms with E-state index in [1.807, 2.05) is 0 Å². The topological polar surface area (TPSA) is 29.5 Å². The number of carbonyl (C=O) groups excluding carboxylic acids is 1. The van der Waals surface area contributed by atoms with Gasteiger partial charge in [0.05, 0.1) is 13.5 Å². The molecule has 0 N–H and O–H groups in total. The van der Waals surface area contributed by atoms with E-state index in [4.69, 9.17) is 0 Å². The summed E-state index contributed by atoms with van der Waals surface area (Å²) in [4.78, 5) is 13.3. The van der Waals surface area contributed by atoms with E-state index < -0.39 is 0 Å². The maximum atomic E-state index is 10.9. The molecule has 0 bridgehead atoms. The first-order chi connectivity index (χ1) is 5.74. The molecule has 1 heterocycles. The average Bonchev–Trinajstić information content (AvgIpc) is 2.56. The lowest BCUT2D eigenvalue weighted by atomic mass is 10.2. The predicted molar refractivity (Wildman–Crippen MR) is 46.9 cm³/mol. The van der Waals surface area contributed by atoms with Gasteiger partial charge in [-0.1, -0.05) is 0 Å². The van der Waals surface area contributed by atoms with Crippen molar-refractivity contribution in [2.24, 2.45) is 0 Å². The van der Waals surface area contributed by atoms with Crippen molar-refractivity contribution in [3.05, 3.63) is 0 Å². The third-order valence-electron chi connectivity index (χ3n) is 2.45. The fourth-order valence-corrected chi connectivity index (χ4v) is 1.64. The van der Waals surface area contributed by atoms with Crippen molar-refractivity contribution in [1.82, 2.24) is 4.90 Å². The summed E-state index contributed by atoms with van der Waals surface area (Å²) in [6, 6.07) is 0.347. The Labute approximate surface area is 73.7 Å². The highest BCUT2D eigenvalue weighted by atomic mass is 16.5. The first-order valence-corrected chi connectivity index (χ1v) is 4.55. The summed E-state index contributed by atoms with van der Waals surface area (Å²) in [6.45, 7) is 4.36. The summed E-state index contributed by atoms with van der Waals surface area (Å²) in [6.07, 6.45) is 3.06. The second-order valence-electron chi connectivity index (χ2n) is 3.37. The zero-order chi connectivity index (χ0) is 8.97. The van der Waals surface area contributed by atoms with Gasteiger partial charge >= 0.3 is 5.97 Å². The molecule has 0 unspecified atom stereocenters. The maximum absolute atomic E-state index is 10.9. The SMILES string of the molecule is COC(=O)C[C@@H](C)N1CCCC1. The summed E-state index contributed by atoms with van der Waals surface area (Å²) in [7, 11) is 1.44. The van der Waals surface area contributed by atoms with E-state index in [1.54, 1.807) is 0 Å². The molecule has 3 nitrogen and oxygen atoms in total. The zero-order valence-corrected chi connectivity index (χ0v) is 7.88. The highest BCUT2D eigenvalue weighted by Crippen LogP contribution is 2.13. The second-order valence-corrected chi connectivity index (χ2v) is 3.37. The number of rotatable bonds is 3. The Morgan fingerprint density at radius 2 is 2.08 bits per heavy atom. The smallest absolute Gasteiger partial charge is 0.307 e. The van der Waals surface area contributed by atoms with Crippen LogP contribution in [-0.4, -0.2) is 37.1 Å². The van der Waals surface area contributed by atoms with Crippen LogP contribution in [0.3, 0.4) is 0 Å². The number of esters is 1. The molecule has 0 aromatic rings. The largest absolute Gasteiger partial charge is 0.469 e. The third-order valence-corrected chi connectivity index (χ3v) is 2.45. The van der Waals surface area contributed by atoms with Crippen molar-refractivity contribution in [2.45, 2.75) is 32.2 Å². The Bertz CT molecular complexity index is 153. The molecule has 3 heteroatoms. The van der Waals surface area contributed by atoms with Gasteiger partial charge in [-0.3, -0.25) is 4.79 Å². The molecule has 0 spiro atoms. The zero-order valence-electron chi connectivity index (χ0n) is 7.88. The van der Waals surface area contributed by atoms with E-state index in [2.05, 4.69) is 16.6 Å². The van der Waals surface area contributed by atoms with Gasteiger partial charge in [-0.25, -0.2) is 0 Å². The third kappa shape index (κ3) is 2.48. The van der Waals surface area contributed by atoms with Gasteiger partial charge in [0, 0.05) is 6.04 Å². The van der Waals surface area contributed by atoms with Crippen LogP contribution < -0.4 is 0 Å². The fraction of sp³-hybridized carbons (Fsp3) is 0.889. The van der Waals surface area contributed by atoms with Crippen molar-refractivity contribution in [3.8, 4) is 0 Å². The lowest BCUT2D eigenvalue weighted by Crippen LogP contribution is -2.32. The monoisotopic (exact) mass is 171 g/mol. The molecule has 1 aliphatic heterocycles. The number of ether oxygens (including phenoxy) is 1. The van der Waals surface area contributed by atoms with Crippen LogP contribution in [0.5, 0.6) is 0 Å². The number of methoxy groups -OCH3 is 1. The molecule has 1 atom stereocenters. The molecular weight excluding hydrogens is 154 g/mol.